The Bertz CT molecular complexity index is 674. The maximum Gasteiger partial charge on any atom is 0.252 e. The lowest BCUT2D eigenvalue weighted by Gasteiger charge is -2.41. The van der Waals surface area contributed by atoms with Gasteiger partial charge in [0.15, 0.2) is 0 Å². The van der Waals surface area contributed by atoms with E-state index in [2.05, 4.69) is 44.9 Å². The van der Waals surface area contributed by atoms with Crippen LogP contribution >= 0.6 is 23.1 Å². The Morgan fingerprint density at radius 3 is 2.59 bits per heavy atom. The van der Waals surface area contributed by atoms with E-state index in [4.69, 9.17) is 10.5 Å². The molecule has 0 bridgehead atoms. The Morgan fingerprint density at radius 2 is 2.05 bits per heavy atom. The monoisotopic (exact) mass is 338 g/mol. The summed E-state index contributed by atoms with van der Waals surface area (Å²) in [5.74, 6) is 0.488. The molecule has 3 heterocycles. The number of nitrogens with zero attached hydrogens (tertiary/aromatic N) is 1. The van der Waals surface area contributed by atoms with Gasteiger partial charge in [-0.2, -0.15) is 0 Å². The highest BCUT2D eigenvalue weighted by Gasteiger charge is 2.43. The summed E-state index contributed by atoms with van der Waals surface area (Å²) in [7, 11) is 0. The Morgan fingerprint density at radius 1 is 1.36 bits per heavy atom. The summed E-state index contributed by atoms with van der Waals surface area (Å²) < 4.78 is 6.25. The number of rotatable bonds is 2. The molecule has 0 atom stereocenters. The highest BCUT2D eigenvalue weighted by atomic mass is 32.2. The zero-order valence-corrected chi connectivity index (χ0v) is 15.3. The molecule has 6 heteroatoms. The van der Waals surface area contributed by atoms with Crippen LogP contribution in [0.2, 0.25) is 0 Å². The topological polar surface area (TPSA) is 55.6 Å². The molecule has 3 rings (SSSR count). The van der Waals surface area contributed by atoms with E-state index >= 15 is 0 Å². The standard InChI is InChI=1S/C16H22N2O2S2/c1-9-7-21-8-18(9)14-11(13(17)19)10-6-15(2,3)20-16(4,5)12(10)22-14/h7H,6,8H2,1-5H3,(H2,17,19). The zero-order chi connectivity index (χ0) is 16.3. The van der Waals surface area contributed by atoms with Gasteiger partial charge in [-0.1, -0.05) is 0 Å². The van der Waals surface area contributed by atoms with Gasteiger partial charge in [0.1, 0.15) is 5.00 Å². The number of ether oxygens (including phenoxy) is 1. The lowest BCUT2D eigenvalue weighted by molar-refractivity contribution is -0.135. The zero-order valence-electron chi connectivity index (χ0n) is 13.6. The van der Waals surface area contributed by atoms with Crippen LogP contribution in [-0.4, -0.2) is 17.4 Å². The first-order valence-corrected chi connectivity index (χ1v) is 9.21. The van der Waals surface area contributed by atoms with Crippen LogP contribution in [0.1, 0.15) is 55.4 Å². The molecular formula is C16H22N2O2S2. The number of anilines is 1. The first-order chi connectivity index (χ1) is 10.1. The molecule has 0 aromatic carbocycles. The van der Waals surface area contributed by atoms with Gasteiger partial charge in [0.25, 0.3) is 5.91 Å². The van der Waals surface area contributed by atoms with Crippen molar-refractivity contribution in [3.05, 3.63) is 27.1 Å². The summed E-state index contributed by atoms with van der Waals surface area (Å²) in [5, 5.41) is 3.08. The van der Waals surface area contributed by atoms with E-state index in [9.17, 15) is 4.79 Å². The molecule has 0 saturated carbocycles. The summed E-state index contributed by atoms with van der Waals surface area (Å²) in [6.45, 7) is 10.3. The second-order valence-corrected chi connectivity index (χ2v) is 8.81. The van der Waals surface area contributed by atoms with E-state index in [1.54, 1.807) is 23.1 Å². The summed E-state index contributed by atoms with van der Waals surface area (Å²) in [6.07, 6.45) is 0.713. The minimum atomic E-state index is -0.408. The average molecular weight is 338 g/mol. The van der Waals surface area contributed by atoms with Gasteiger partial charge in [-0.25, -0.2) is 0 Å². The summed E-state index contributed by atoms with van der Waals surface area (Å²) >= 11 is 3.38. The normalized spacial score (nSPS) is 22.4. The van der Waals surface area contributed by atoms with Gasteiger partial charge in [-0.05, 0) is 45.6 Å². The largest absolute Gasteiger partial charge is 0.365 e. The van der Waals surface area contributed by atoms with E-state index in [1.165, 1.54) is 0 Å². The third-order valence-corrected chi connectivity index (χ3v) is 6.52. The Hall–Kier alpha value is -0.980. The number of fused-ring (bicyclic) bond motifs is 1. The number of thioether (sulfide) groups is 1. The number of nitrogens with two attached hydrogens (primary N) is 1. The molecule has 0 aliphatic carbocycles. The molecule has 2 aliphatic heterocycles. The van der Waals surface area contributed by atoms with E-state index in [0.29, 0.717) is 12.0 Å². The summed E-state index contributed by atoms with van der Waals surface area (Å²) in [4.78, 5) is 15.5. The van der Waals surface area contributed by atoms with Crippen molar-refractivity contribution in [2.24, 2.45) is 5.73 Å². The second-order valence-electron chi connectivity index (χ2n) is 6.99. The van der Waals surface area contributed by atoms with E-state index in [1.807, 2.05) is 0 Å². The van der Waals surface area contributed by atoms with E-state index in [0.717, 1.165) is 27.0 Å². The number of amides is 1. The summed E-state index contributed by atoms with van der Waals surface area (Å²) in [5.41, 5.74) is 7.94. The molecular weight excluding hydrogens is 316 g/mol. The van der Waals surface area contributed by atoms with Crippen molar-refractivity contribution >= 4 is 34.0 Å². The maximum absolute atomic E-state index is 12.2. The Labute approximate surface area is 139 Å². The van der Waals surface area contributed by atoms with Crippen LogP contribution in [0.5, 0.6) is 0 Å². The number of carbonyl (C=O) groups excluding carboxylic acids is 1. The lowest BCUT2D eigenvalue weighted by atomic mass is 9.86. The minimum absolute atomic E-state index is 0.302. The van der Waals surface area contributed by atoms with Crippen molar-refractivity contribution in [2.45, 2.75) is 52.2 Å². The fourth-order valence-corrected chi connectivity index (χ4v) is 5.80. The van der Waals surface area contributed by atoms with Crippen molar-refractivity contribution in [1.29, 1.82) is 0 Å². The van der Waals surface area contributed by atoms with Gasteiger partial charge in [-0.3, -0.25) is 4.79 Å². The van der Waals surface area contributed by atoms with Gasteiger partial charge in [-0.15, -0.1) is 23.1 Å². The fourth-order valence-electron chi connectivity index (χ4n) is 3.37. The third-order valence-electron chi connectivity index (χ3n) is 4.04. The SMILES string of the molecule is CC1=CSCN1c1sc2c(c1C(N)=O)CC(C)(C)OC2(C)C. The van der Waals surface area contributed by atoms with Gasteiger partial charge < -0.3 is 15.4 Å². The predicted molar refractivity (Wildman–Crippen MR) is 93.4 cm³/mol. The predicted octanol–water partition coefficient (Wildman–Crippen LogP) is 3.81. The highest BCUT2D eigenvalue weighted by Crippen LogP contribution is 2.50. The van der Waals surface area contributed by atoms with Crippen LogP contribution in [0.3, 0.4) is 0 Å². The molecule has 2 aliphatic rings. The van der Waals surface area contributed by atoms with E-state index < -0.39 is 5.60 Å². The molecule has 0 fully saturated rings. The molecule has 0 spiro atoms. The maximum atomic E-state index is 12.2. The van der Waals surface area contributed by atoms with Crippen LogP contribution < -0.4 is 10.6 Å². The molecule has 4 nitrogen and oxygen atoms in total. The molecule has 1 aromatic heterocycles. The number of hydrogen-bond acceptors (Lipinski definition) is 5. The first-order valence-electron chi connectivity index (χ1n) is 7.34. The Balaban J connectivity index is 2.21. The smallest absolute Gasteiger partial charge is 0.252 e. The van der Waals surface area contributed by atoms with E-state index in [-0.39, 0.29) is 11.5 Å². The van der Waals surface area contributed by atoms with Gasteiger partial charge in [0, 0.05) is 17.0 Å². The molecule has 120 valence electrons. The number of carbonyl (C=O) groups is 1. The molecule has 1 amide bonds. The summed E-state index contributed by atoms with van der Waals surface area (Å²) in [6, 6.07) is 0. The molecule has 22 heavy (non-hydrogen) atoms. The molecule has 1 aromatic rings. The fraction of sp³-hybridized carbons (Fsp3) is 0.562. The number of primary amides is 1. The first kappa shape index (κ1) is 15.9. The lowest BCUT2D eigenvalue weighted by Crippen LogP contribution is -2.42. The van der Waals surface area contributed by atoms with Gasteiger partial charge >= 0.3 is 0 Å². The van der Waals surface area contributed by atoms with Crippen molar-refractivity contribution in [2.75, 3.05) is 10.8 Å². The van der Waals surface area contributed by atoms with Crippen LogP contribution in [-0.2, 0) is 16.8 Å². The highest BCUT2D eigenvalue weighted by molar-refractivity contribution is 8.02. The quantitative estimate of drug-likeness (QED) is 0.891. The van der Waals surface area contributed by atoms with Crippen LogP contribution in [0.25, 0.3) is 0 Å². The van der Waals surface area contributed by atoms with Crippen molar-refractivity contribution in [1.82, 2.24) is 0 Å². The molecule has 0 unspecified atom stereocenters. The van der Waals surface area contributed by atoms with Crippen LogP contribution in [0.15, 0.2) is 11.1 Å². The molecule has 0 radical (unpaired) electrons. The molecule has 2 N–H and O–H groups in total. The van der Waals surface area contributed by atoms with Gasteiger partial charge in [0.05, 0.1) is 22.6 Å². The molecule has 0 saturated heterocycles. The number of hydrogen-bond donors (Lipinski definition) is 1. The number of thiophene rings is 1. The van der Waals surface area contributed by atoms with Crippen molar-refractivity contribution < 1.29 is 9.53 Å². The second kappa shape index (κ2) is 5.01. The van der Waals surface area contributed by atoms with Crippen molar-refractivity contribution in [3.8, 4) is 0 Å². The average Bonchev–Trinajstić information content (AvgIpc) is 2.89. The minimum Gasteiger partial charge on any atom is -0.365 e. The van der Waals surface area contributed by atoms with Crippen LogP contribution in [0, 0.1) is 0 Å². The third kappa shape index (κ3) is 2.47. The number of allylic oxidation sites excluding steroid dienone is 1. The van der Waals surface area contributed by atoms with Crippen LogP contribution in [0.4, 0.5) is 5.00 Å². The Kier molecular flexibility index (Phi) is 3.62. The van der Waals surface area contributed by atoms with Gasteiger partial charge in [0.2, 0.25) is 0 Å². The van der Waals surface area contributed by atoms with Crippen molar-refractivity contribution in [3.63, 3.8) is 0 Å².